The second-order valence-electron chi connectivity index (χ2n) is 5.12. The van der Waals surface area contributed by atoms with Crippen LogP contribution in [0.1, 0.15) is 33.6 Å². The molecule has 3 heteroatoms. The lowest BCUT2D eigenvalue weighted by Crippen LogP contribution is -2.47. The molecule has 2 atom stereocenters. The summed E-state index contributed by atoms with van der Waals surface area (Å²) in [6, 6.07) is -0.0846. The summed E-state index contributed by atoms with van der Waals surface area (Å²) in [7, 11) is 1.44. The molecule has 0 aromatic rings. The molecule has 0 aromatic carbocycles. The average Bonchev–Trinajstić information content (AvgIpc) is 2.15. The van der Waals surface area contributed by atoms with Crippen molar-refractivity contribution in [1.29, 1.82) is 0 Å². The average molecular weight is 199 g/mol. The van der Waals surface area contributed by atoms with Crippen molar-refractivity contribution >= 4 is 5.97 Å². The minimum absolute atomic E-state index is 0.0846. The van der Waals surface area contributed by atoms with Crippen LogP contribution in [-0.2, 0) is 9.53 Å². The van der Waals surface area contributed by atoms with Gasteiger partial charge in [-0.15, -0.1) is 0 Å². The van der Waals surface area contributed by atoms with Gasteiger partial charge in [0.2, 0.25) is 0 Å². The Morgan fingerprint density at radius 2 is 2.00 bits per heavy atom. The van der Waals surface area contributed by atoms with Crippen LogP contribution in [-0.4, -0.2) is 25.7 Å². The minimum atomic E-state index is -0.127. The lowest BCUT2D eigenvalue weighted by atomic mass is 9.75. The molecule has 0 aromatic heterocycles. The Morgan fingerprint density at radius 1 is 1.36 bits per heavy atom. The van der Waals surface area contributed by atoms with Gasteiger partial charge in [0.15, 0.2) is 0 Å². The van der Waals surface area contributed by atoms with Gasteiger partial charge in [-0.2, -0.15) is 0 Å². The number of hydrogen-bond acceptors (Lipinski definition) is 3. The molecule has 1 heterocycles. The van der Waals surface area contributed by atoms with Crippen molar-refractivity contribution < 1.29 is 9.53 Å². The van der Waals surface area contributed by atoms with E-state index in [2.05, 4.69) is 26.1 Å². The van der Waals surface area contributed by atoms with E-state index in [-0.39, 0.29) is 12.0 Å². The van der Waals surface area contributed by atoms with Gasteiger partial charge in [-0.25, -0.2) is 0 Å². The topological polar surface area (TPSA) is 38.3 Å². The molecule has 1 rings (SSSR count). The molecule has 0 unspecified atom stereocenters. The summed E-state index contributed by atoms with van der Waals surface area (Å²) in [5, 5.41) is 3.25. The van der Waals surface area contributed by atoms with Crippen LogP contribution in [0.2, 0.25) is 0 Å². The van der Waals surface area contributed by atoms with Crippen molar-refractivity contribution in [1.82, 2.24) is 5.32 Å². The molecule has 1 saturated heterocycles. The molecule has 0 bridgehead atoms. The van der Waals surface area contributed by atoms with Crippen LogP contribution in [0.25, 0.3) is 0 Å². The number of rotatable bonds is 1. The zero-order chi connectivity index (χ0) is 10.8. The summed E-state index contributed by atoms with van der Waals surface area (Å²) in [4.78, 5) is 11.2. The van der Waals surface area contributed by atoms with Gasteiger partial charge in [0.25, 0.3) is 0 Å². The van der Waals surface area contributed by atoms with Crippen LogP contribution < -0.4 is 5.32 Å². The van der Waals surface area contributed by atoms with Crippen molar-refractivity contribution in [3.63, 3.8) is 0 Å². The summed E-state index contributed by atoms with van der Waals surface area (Å²) in [5.41, 5.74) is 0.327. The molecule has 3 nitrogen and oxygen atoms in total. The monoisotopic (exact) mass is 199 g/mol. The normalized spacial score (nSPS) is 28.6. The third-order valence-corrected chi connectivity index (χ3v) is 3.12. The van der Waals surface area contributed by atoms with E-state index in [9.17, 15) is 4.79 Å². The van der Waals surface area contributed by atoms with Crippen LogP contribution in [0.4, 0.5) is 0 Å². The van der Waals surface area contributed by atoms with Gasteiger partial charge in [0.1, 0.15) is 6.04 Å². The Labute approximate surface area is 86.2 Å². The van der Waals surface area contributed by atoms with E-state index in [1.807, 2.05) is 0 Å². The largest absolute Gasteiger partial charge is 0.468 e. The van der Waals surface area contributed by atoms with Gasteiger partial charge in [0, 0.05) is 0 Å². The van der Waals surface area contributed by atoms with E-state index in [1.165, 1.54) is 7.11 Å². The highest BCUT2D eigenvalue weighted by atomic mass is 16.5. The Morgan fingerprint density at radius 3 is 2.36 bits per heavy atom. The quantitative estimate of drug-likeness (QED) is 0.651. The molecule has 0 radical (unpaired) electrons. The molecule has 1 fully saturated rings. The molecule has 1 aliphatic heterocycles. The molecule has 0 spiro atoms. The Kier molecular flexibility index (Phi) is 3.53. The summed E-state index contributed by atoms with van der Waals surface area (Å²) in [6.07, 6.45) is 2.00. The third-order valence-electron chi connectivity index (χ3n) is 3.12. The van der Waals surface area contributed by atoms with Crippen molar-refractivity contribution in [3.05, 3.63) is 0 Å². The fourth-order valence-corrected chi connectivity index (χ4v) is 1.94. The zero-order valence-corrected chi connectivity index (χ0v) is 9.59. The first-order valence-electron chi connectivity index (χ1n) is 5.26. The predicted octanol–water partition coefficient (Wildman–Crippen LogP) is 1.57. The van der Waals surface area contributed by atoms with Crippen molar-refractivity contribution in [2.24, 2.45) is 11.3 Å². The van der Waals surface area contributed by atoms with Crippen LogP contribution in [0.5, 0.6) is 0 Å². The number of esters is 1. The lowest BCUT2D eigenvalue weighted by molar-refractivity contribution is -0.144. The summed E-state index contributed by atoms with van der Waals surface area (Å²) in [5.74, 6) is 0.528. The highest BCUT2D eigenvalue weighted by Crippen LogP contribution is 2.31. The number of hydrogen-bond donors (Lipinski definition) is 1. The first-order chi connectivity index (χ1) is 6.45. The van der Waals surface area contributed by atoms with Crippen LogP contribution in [0.3, 0.4) is 0 Å². The van der Waals surface area contributed by atoms with Gasteiger partial charge in [-0.3, -0.25) is 4.79 Å². The first-order valence-corrected chi connectivity index (χ1v) is 5.26. The van der Waals surface area contributed by atoms with Crippen molar-refractivity contribution in [3.8, 4) is 0 Å². The number of ether oxygens (including phenoxy) is 1. The van der Waals surface area contributed by atoms with Gasteiger partial charge in [0.05, 0.1) is 7.11 Å². The molecule has 0 amide bonds. The summed E-state index contributed by atoms with van der Waals surface area (Å²) >= 11 is 0. The van der Waals surface area contributed by atoms with E-state index in [1.54, 1.807) is 0 Å². The molecular formula is C11H21NO2. The first kappa shape index (κ1) is 11.5. The van der Waals surface area contributed by atoms with E-state index < -0.39 is 0 Å². The fraction of sp³-hybridized carbons (Fsp3) is 0.909. The van der Waals surface area contributed by atoms with E-state index in [4.69, 9.17) is 4.74 Å². The van der Waals surface area contributed by atoms with E-state index >= 15 is 0 Å². The highest BCUT2D eigenvalue weighted by molar-refractivity contribution is 5.75. The minimum Gasteiger partial charge on any atom is -0.468 e. The van der Waals surface area contributed by atoms with Gasteiger partial charge >= 0.3 is 5.97 Å². The fourth-order valence-electron chi connectivity index (χ4n) is 1.94. The second-order valence-corrected chi connectivity index (χ2v) is 5.12. The smallest absolute Gasteiger partial charge is 0.322 e. The number of methoxy groups -OCH3 is 1. The maximum atomic E-state index is 11.2. The molecule has 0 saturated carbocycles. The molecule has 1 N–H and O–H groups in total. The van der Waals surface area contributed by atoms with Crippen LogP contribution >= 0.6 is 0 Å². The van der Waals surface area contributed by atoms with Gasteiger partial charge in [-0.1, -0.05) is 20.8 Å². The standard InChI is InChI=1S/C11H21NO2/c1-11(2,3)8-5-6-9(12-7-8)10(13)14-4/h8-9,12H,5-7H2,1-4H3/t8-,9+/m1/s1. The van der Waals surface area contributed by atoms with Crippen LogP contribution in [0.15, 0.2) is 0 Å². The molecular weight excluding hydrogens is 178 g/mol. The van der Waals surface area contributed by atoms with Crippen molar-refractivity contribution in [2.45, 2.75) is 39.7 Å². The number of carbonyl (C=O) groups excluding carboxylic acids is 1. The summed E-state index contributed by atoms with van der Waals surface area (Å²) in [6.45, 7) is 7.66. The zero-order valence-electron chi connectivity index (χ0n) is 9.59. The van der Waals surface area contributed by atoms with Crippen LogP contribution in [0, 0.1) is 11.3 Å². The molecule has 82 valence electrons. The third kappa shape index (κ3) is 2.71. The molecule has 0 aliphatic carbocycles. The Balaban J connectivity index is 2.43. The van der Waals surface area contributed by atoms with Crippen molar-refractivity contribution in [2.75, 3.05) is 13.7 Å². The molecule has 1 aliphatic rings. The SMILES string of the molecule is COC(=O)[C@@H]1CC[C@@H](C(C)(C)C)CN1. The van der Waals surface area contributed by atoms with E-state index in [0.29, 0.717) is 11.3 Å². The predicted molar refractivity (Wildman–Crippen MR) is 56.0 cm³/mol. The number of nitrogens with one attached hydrogen (secondary N) is 1. The maximum absolute atomic E-state index is 11.2. The van der Waals surface area contributed by atoms with Gasteiger partial charge < -0.3 is 10.1 Å². The Hall–Kier alpha value is -0.570. The second kappa shape index (κ2) is 4.30. The maximum Gasteiger partial charge on any atom is 0.322 e. The Bertz CT molecular complexity index is 200. The van der Waals surface area contributed by atoms with Gasteiger partial charge in [-0.05, 0) is 30.7 Å². The molecule has 14 heavy (non-hydrogen) atoms. The lowest BCUT2D eigenvalue weighted by Gasteiger charge is -2.36. The summed E-state index contributed by atoms with van der Waals surface area (Å²) < 4.78 is 4.71. The highest BCUT2D eigenvalue weighted by Gasteiger charge is 2.32. The van der Waals surface area contributed by atoms with E-state index in [0.717, 1.165) is 19.4 Å². The number of piperidine rings is 1. The number of carbonyl (C=O) groups is 1.